The Kier molecular flexibility index (Phi) is 17.2. The molecule has 0 bridgehead atoms. The fraction of sp³-hybridized carbons (Fsp3) is 0.778. The van der Waals surface area contributed by atoms with Crippen molar-refractivity contribution in [1.82, 2.24) is 0 Å². The van der Waals surface area contributed by atoms with E-state index in [4.69, 9.17) is 0 Å². The number of aldehydes is 2. The minimum Gasteiger partial charge on any atom is -0.303 e. The lowest BCUT2D eigenvalue weighted by Gasteiger charge is -2.02. The van der Waals surface area contributed by atoms with Crippen LogP contribution in [-0.2, 0) is 9.59 Å². The smallest absolute Gasteiger partial charge is 0.142 e. The third-order valence-corrected chi connectivity index (χ3v) is 3.66. The molecule has 0 aromatic heterocycles. The molecule has 0 N–H and O–H groups in total. The van der Waals surface area contributed by atoms with Gasteiger partial charge in [-0.3, -0.25) is 4.79 Å². The van der Waals surface area contributed by atoms with Crippen molar-refractivity contribution in [3.05, 3.63) is 12.2 Å². The average molecular weight is 280 g/mol. The Morgan fingerprint density at radius 1 is 0.500 bits per heavy atom. The Bertz CT molecular complexity index is 234. The lowest BCUT2D eigenvalue weighted by Crippen LogP contribution is -1.83. The molecule has 0 amide bonds. The minimum atomic E-state index is 0.741. The van der Waals surface area contributed by atoms with Gasteiger partial charge in [-0.25, -0.2) is 0 Å². The third kappa shape index (κ3) is 17.1. The Hall–Kier alpha value is -0.920. The summed E-state index contributed by atoms with van der Waals surface area (Å²) in [4.78, 5) is 20.2. The Balaban J connectivity index is 2.97. The van der Waals surface area contributed by atoms with Crippen LogP contribution in [0.2, 0.25) is 0 Å². The Morgan fingerprint density at radius 2 is 0.900 bits per heavy atom. The van der Waals surface area contributed by atoms with Gasteiger partial charge in [-0.2, -0.15) is 0 Å². The van der Waals surface area contributed by atoms with Crippen LogP contribution in [0.15, 0.2) is 12.2 Å². The highest BCUT2D eigenvalue weighted by Crippen LogP contribution is 2.12. The van der Waals surface area contributed by atoms with Crippen LogP contribution in [0.25, 0.3) is 0 Å². The summed E-state index contributed by atoms with van der Waals surface area (Å²) in [6.45, 7) is 0. The van der Waals surface area contributed by atoms with Crippen LogP contribution in [0.5, 0.6) is 0 Å². The third-order valence-electron chi connectivity index (χ3n) is 3.66. The SMILES string of the molecule is O=CC=CCCCCCCCCCCCCCCC=O. The predicted octanol–water partition coefficient (Wildman–Crippen LogP) is 5.40. The summed E-state index contributed by atoms with van der Waals surface area (Å²) in [5.41, 5.74) is 0. The molecule has 0 heterocycles. The number of carbonyl (C=O) groups excluding carboxylic acids is 2. The highest BCUT2D eigenvalue weighted by molar-refractivity contribution is 5.64. The van der Waals surface area contributed by atoms with E-state index in [2.05, 4.69) is 0 Å². The van der Waals surface area contributed by atoms with E-state index in [1.165, 1.54) is 70.6 Å². The number of hydrogen-bond acceptors (Lipinski definition) is 2. The van der Waals surface area contributed by atoms with Crippen LogP contribution in [0.4, 0.5) is 0 Å². The molecular weight excluding hydrogens is 248 g/mol. The summed E-state index contributed by atoms with van der Waals surface area (Å²) in [7, 11) is 0. The van der Waals surface area contributed by atoms with Gasteiger partial charge in [0.15, 0.2) is 0 Å². The molecule has 0 spiro atoms. The van der Waals surface area contributed by atoms with Gasteiger partial charge in [0, 0.05) is 6.42 Å². The Morgan fingerprint density at radius 3 is 1.30 bits per heavy atom. The molecule has 0 rings (SSSR count). The summed E-state index contributed by atoms with van der Waals surface area (Å²) in [5, 5.41) is 0. The topological polar surface area (TPSA) is 34.1 Å². The van der Waals surface area contributed by atoms with Crippen molar-refractivity contribution >= 4 is 12.6 Å². The van der Waals surface area contributed by atoms with Crippen LogP contribution in [-0.4, -0.2) is 12.6 Å². The molecule has 0 saturated carbocycles. The van der Waals surface area contributed by atoms with E-state index in [1.54, 1.807) is 6.08 Å². The van der Waals surface area contributed by atoms with Gasteiger partial charge in [0.1, 0.15) is 12.6 Å². The fourth-order valence-electron chi connectivity index (χ4n) is 2.41. The normalized spacial score (nSPS) is 11.0. The molecule has 0 saturated heterocycles. The molecule has 20 heavy (non-hydrogen) atoms. The number of hydrogen-bond donors (Lipinski definition) is 0. The van der Waals surface area contributed by atoms with Crippen molar-refractivity contribution in [2.24, 2.45) is 0 Å². The molecule has 2 nitrogen and oxygen atoms in total. The van der Waals surface area contributed by atoms with Crippen LogP contribution in [0.3, 0.4) is 0 Å². The van der Waals surface area contributed by atoms with E-state index < -0.39 is 0 Å². The van der Waals surface area contributed by atoms with E-state index >= 15 is 0 Å². The van der Waals surface area contributed by atoms with E-state index in [9.17, 15) is 9.59 Å². The molecule has 0 aliphatic heterocycles. The second-order valence-corrected chi connectivity index (χ2v) is 5.55. The molecule has 0 atom stereocenters. The van der Waals surface area contributed by atoms with Crippen molar-refractivity contribution in [2.75, 3.05) is 0 Å². The maximum absolute atomic E-state index is 10.1. The first-order valence-electron chi connectivity index (χ1n) is 8.45. The Labute approximate surface area is 125 Å². The molecule has 0 aromatic rings. The average Bonchev–Trinajstić information content (AvgIpc) is 2.47. The van der Waals surface area contributed by atoms with Crippen molar-refractivity contribution in [2.45, 2.75) is 89.9 Å². The van der Waals surface area contributed by atoms with Gasteiger partial charge in [0.05, 0.1) is 0 Å². The molecule has 2 heteroatoms. The molecule has 0 unspecified atom stereocenters. The monoisotopic (exact) mass is 280 g/mol. The highest BCUT2D eigenvalue weighted by atomic mass is 16.1. The van der Waals surface area contributed by atoms with E-state index in [0.29, 0.717) is 0 Å². The van der Waals surface area contributed by atoms with Crippen LogP contribution in [0.1, 0.15) is 89.9 Å². The van der Waals surface area contributed by atoms with Crippen molar-refractivity contribution in [1.29, 1.82) is 0 Å². The summed E-state index contributed by atoms with van der Waals surface area (Å²) in [5.74, 6) is 0. The van der Waals surface area contributed by atoms with Gasteiger partial charge in [-0.05, 0) is 25.3 Å². The molecule has 0 aliphatic carbocycles. The van der Waals surface area contributed by atoms with Gasteiger partial charge in [0.25, 0.3) is 0 Å². The quantitative estimate of drug-likeness (QED) is 0.215. The maximum Gasteiger partial charge on any atom is 0.142 e. The van der Waals surface area contributed by atoms with Gasteiger partial charge >= 0.3 is 0 Å². The standard InChI is InChI=1S/C18H32O2/c19-17-15-13-11-9-7-5-3-1-2-4-6-8-10-12-14-16-18-20/h13,15,17-18H,1-12,14,16H2. The van der Waals surface area contributed by atoms with Gasteiger partial charge in [-0.15, -0.1) is 0 Å². The summed E-state index contributed by atoms with van der Waals surface area (Å²) in [6.07, 6.45) is 22.8. The largest absolute Gasteiger partial charge is 0.303 e. The number of unbranched alkanes of at least 4 members (excludes halogenated alkanes) is 13. The molecular formula is C18H32O2. The van der Waals surface area contributed by atoms with E-state index in [1.807, 2.05) is 6.08 Å². The number of rotatable bonds is 16. The number of allylic oxidation sites excluding steroid dienone is 2. The minimum absolute atomic E-state index is 0.741. The second-order valence-electron chi connectivity index (χ2n) is 5.55. The summed E-state index contributed by atoms with van der Waals surface area (Å²) >= 11 is 0. The van der Waals surface area contributed by atoms with Crippen molar-refractivity contribution in [3.8, 4) is 0 Å². The van der Waals surface area contributed by atoms with E-state index in [-0.39, 0.29) is 0 Å². The predicted molar refractivity (Wildman–Crippen MR) is 85.9 cm³/mol. The lowest BCUT2D eigenvalue weighted by molar-refractivity contribution is -0.108. The van der Waals surface area contributed by atoms with E-state index in [0.717, 1.165) is 31.8 Å². The van der Waals surface area contributed by atoms with Crippen molar-refractivity contribution in [3.63, 3.8) is 0 Å². The maximum atomic E-state index is 10.1. The number of carbonyl (C=O) groups is 2. The van der Waals surface area contributed by atoms with Crippen LogP contribution in [0, 0.1) is 0 Å². The molecule has 0 aliphatic rings. The molecule has 0 fully saturated rings. The molecule has 0 aromatic carbocycles. The molecule has 0 radical (unpaired) electrons. The first-order chi connectivity index (χ1) is 9.91. The zero-order chi connectivity index (χ0) is 14.7. The summed E-state index contributed by atoms with van der Waals surface area (Å²) in [6, 6.07) is 0. The zero-order valence-corrected chi connectivity index (χ0v) is 13.0. The van der Waals surface area contributed by atoms with Crippen LogP contribution < -0.4 is 0 Å². The first-order valence-corrected chi connectivity index (χ1v) is 8.45. The second kappa shape index (κ2) is 18.1. The van der Waals surface area contributed by atoms with Gasteiger partial charge < -0.3 is 4.79 Å². The van der Waals surface area contributed by atoms with Gasteiger partial charge in [0.2, 0.25) is 0 Å². The molecule has 116 valence electrons. The van der Waals surface area contributed by atoms with Crippen LogP contribution >= 0.6 is 0 Å². The lowest BCUT2D eigenvalue weighted by atomic mass is 10.0. The van der Waals surface area contributed by atoms with Crippen molar-refractivity contribution < 1.29 is 9.59 Å². The van der Waals surface area contributed by atoms with Gasteiger partial charge in [-0.1, -0.05) is 70.3 Å². The first kappa shape index (κ1) is 19.1. The zero-order valence-electron chi connectivity index (χ0n) is 13.0. The fourth-order valence-corrected chi connectivity index (χ4v) is 2.41. The summed E-state index contributed by atoms with van der Waals surface area (Å²) < 4.78 is 0. The highest BCUT2D eigenvalue weighted by Gasteiger charge is 1.93.